The molecule has 0 spiro atoms. The number of hydrogen-bond donors (Lipinski definition) is 1. The number of amides is 1. The number of benzene rings is 1. The molecule has 7 heteroatoms. The minimum absolute atomic E-state index is 0.0386. The van der Waals surface area contributed by atoms with Gasteiger partial charge in [-0.05, 0) is 50.3 Å². The molecule has 0 unspecified atom stereocenters. The maximum Gasteiger partial charge on any atom is 0.227 e. The number of carbonyl (C=O) groups is 1. The number of piperidine rings is 1. The first-order chi connectivity index (χ1) is 13.6. The van der Waals surface area contributed by atoms with Crippen molar-refractivity contribution >= 4 is 23.2 Å². The monoisotopic (exact) mass is 383 g/mol. The maximum absolute atomic E-state index is 13.7. The van der Waals surface area contributed by atoms with Gasteiger partial charge < -0.3 is 15.1 Å². The lowest BCUT2D eigenvalue weighted by molar-refractivity contribution is -0.120. The Morgan fingerprint density at radius 3 is 2.32 bits per heavy atom. The summed E-state index contributed by atoms with van der Waals surface area (Å²) in [6.07, 6.45) is 5.57. The summed E-state index contributed by atoms with van der Waals surface area (Å²) in [4.78, 5) is 25.9. The fourth-order valence-corrected chi connectivity index (χ4v) is 3.91. The number of nitrogens with one attached hydrogen (secondary N) is 1. The molecule has 0 radical (unpaired) electrons. The van der Waals surface area contributed by atoms with Gasteiger partial charge in [0.25, 0.3) is 0 Å². The second-order valence-corrected chi connectivity index (χ2v) is 7.64. The molecule has 0 atom stereocenters. The molecular formula is C21H26FN5O. The molecule has 1 N–H and O–H groups in total. The van der Waals surface area contributed by atoms with Gasteiger partial charge in [0.1, 0.15) is 23.8 Å². The van der Waals surface area contributed by atoms with Crippen molar-refractivity contribution in [2.75, 3.05) is 41.3 Å². The predicted molar refractivity (Wildman–Crippen MR) is 108 cm³/mol. The lowest BCUT2D eigenvalue weighted by Crippen LogP contribution is -2.38. The Hall–Kier alpha value is -2.70. The van der Waals surface area contributed by atoms with Gasteiger partial charge in [-0.1, -0.05) is 6.07 Å². The molecule has 2 fully saturated rings. The highest BCUT2D eigenvalue weighted by molar-refractivity contribution is 5.92. The number of carbonyl (C=O) groups excluding carboxylic acids is 1. The molecule has 2 aliphatic heterocycles. The van der Waals surface area contributed by atoms with Gasteiger partial charge in [0.2, 0.25) is 5.91 Å². The van der Waals surface area contributed by atoms with Crippen LogP contribution in [0, 0.1) is 18.7 Å². The van der Waals surface area contributed by atoms with Crippen molar-refractivity contribution < 1.29 is 9.18 Å². The Labute approximate surface area is 164 Å². The lowest BCUT2D eigenvalue weighted by Gasteiger charge is -2.32. The van der Waals surface area contributed by atoms with Crippen LogP contribution < -0.4 is 15.1 Å². The Kier molecular flexibility index (Phi) is 5.41. The second-order valence-electron chi connectivity index (χ2n) is 7.64. The SMILES string of the molecule is Cc1ccc(NC(=O)C2CCN(c3cc(N4CCCC4)ncn3)CC2)cc1F. The van der Waals surface area contributed by atoms with Crippen molar-refractivity contribution in [3.8, 4) is 0 Å². The van der Waals surface area contributed by atoms with Crippen LogP contribution >= 0.6 is 0 Å². The first-order valence-electron chi connectivity index (χ1n) is 9.99. The van der Waals surface area contributed by atoms with Crippen molar-refractivity contribution in [1.82, 2.24) is 9.97 Å². The van der Waals surface area contributed by atoms with E-state index in [2.05, 4.69) is 31.2 Å². The topological polar surface area (TPSA) is 61.4 Å². The van der Waals surface area contributed by atoms with Crippen LogP contribution in [0.25, 0.3) is 0 Å². The summed E-state index contributed by atoms with van der Waals surface area (Å²) in [5, 5.41) is 2.85. The molecule has 28 heavy (non-hydrogen) atoms. The highest BCUT2D eigenvalue weighted by Crippen LogP contribution is 2.26. The van der Waals surface area contributed by atoms with E-state index in [0.717, 1.165) is 50.7 Å². The third-order valence-electron chi connectivity index (χ3n) is 5.70. The fourth-order valence-electron chi connectivity index (χ4n) is 3.91. The van der Waals surface area contributed by atoms with Crippen LogP contribution in [0.4, 0.5) is 21.7 Å². The molecule has 1 aromatic carbocycles. The summed E-state index contributed by atoms with van der Waals surface area (Å²) < 4.78 is 13.7. The molecule has 2 aromatic rings. The second kappa shape index (κ2) is 8.12. The molecular weight excluding hydrogens is 357 g/mol. The van der Waals surface area contributed by atoms with Crippen molar-refractivity contribution in [2.45, 2.75) is 32.6 Å². The normalized spacial score (nSPS) is 17.8. The number of rotatable bonds is 4. The Balaban J connectivity index is 1.34. The van der Waals surface area contributed by atoms with Crippen molar-refractivity contribution in [1.29, 1.82) is 0 Å². The highest BCUT2D eigenvalue weighted by atomic mass is 19.1. The van der Waals surface area contributed by atoms with Gasteiger partial charge in [-0.25, -0.2) is 14.4 Å². The highest BCUT2D eigenvalue weighted by Gasteiger charge is 2.26. The van der Waals surface area contributed by atoms with Gasteiger partial charge in [-0.3, -0.25) is 4.79 Å². The Morgan fingerprint density at radius 2 is 1.68 bits per heavy atom. The standard InChI is InChI=1S/C21H26FN5O/c1-15-4-5-17(12-18(15)22)25-21(28)16-6-10-27(11-7-16)20-13-19(23-14-24-20)26-8-2-3-9-26/h4-5,12-14,16H,2-3,6-11H2,1H3,(H,25,28). The maximum atomic E-state index is 13.7. The third-order valence-corrected chi connectivity index (χ3v) is 5.70. The van der Waals surface area contributed by atoms with Gasteiger partial charge in [0.15, 0.2) is 0 Å². The van der Waals surface area contributed by atoms with Gasteiger partial charge in [0, 0.05) is 43.9 Å². The van der Waals surface area contributed by atoms with Crippen LogP contribution in [0.15, 0.2) is 30.6 Å². The number of halogens is 1. The van der Waals surface area contributed by atoms with E-state index in [-0.39, 0.29) is 17.6 Å². The van der Waals surface area contributed by atoms with Crippen LogP contribution in [0.2, 0.25) is 0 Å². The first-order valence-corrected chi connectivity index (χ1v) is 9.99. The van der Waals surface area contributed by atoms with Crippen LogP contribution in [-0.4, -0.2) is 42.1 Å². The predicted octanol–water partition coefficient (Wildman–Crippen LogP) is 3.38. The van der Waals surface area contributed by atoms with Gasteiger partial charge in [0.05, 0.1) is 0 Å². The number of hydrogen-bond acceptors (Lipinski definition) is 5. The van der Waals surface area contributed by atoms with Crippen LogP contribution in [-0.2, 0) is 4.79 Å². The summed E-state index contributed by atoms with van der Waals surface area (Å²) in [6.45, 7) is 5.36. The minimum Gasteiger partial charge on any atom is -0.356 e. The quantitative estimate of drug-likeness (QED) is 0.877. The molecule has 0 aliphatic carbocycles. The molecule has 6 nitrogen and oxygen atoms in total. The third kappa shape index (κ3) is 4.08. The molecule has 1 aromatic heterocycles. The van der Waals surface area contributed by atoms with Crippen molar-refractivity contribution in [2.24, 2.45) is 5.92 Å². The smallest absolute Gasteiger partial charge is 0.227 e. The van der Waals surface area contributed by atoms with Crippen molar-refractivity contribution in [3.05, 3.63) is 42.0 Å². The zero-order valence-corrected chi connectivity index (χ0v) is 16.2. The zero-order chi connectivity index (χ0) is 19.5. The molecule has 3 heterocycles. The summed E-state index contributed by atoms with van der Waals surface area (Å²) in [5.41, 5.74) is 1.09. The van der Waals surface area contributed by atoms with E-state index in [4.69, 9.17) is 0 Å². The van der Waals surface area contributed by atoms with E-state index < -0.39 is 0 Å². The number of nitrogens with zero attached hydrogens (tertiary/aromatic N) is 4. The molecule has 4 rings (SSSR count). The van der Waals surface area contributed by atoms with Crippen LogP contribution in [0.1, 0.15) is 31.2 Å². The molecule has 1 amide bonds. The van der Waals surface area contributed by atoms with Crippen molar-refractivity contribution in [3.63, 3.8) is 0 Å². The Morgan fingerprint density at radius 1 is 1.04 bits per heavy atom. The summed E-state index contributed by atoms with van der Waals surface area (Å²) in [5.74, 6) is 1.51. The van der Waals surface area contributed by atoms with Crippen LogP contribution in [0.5, 0.6) is 0 Å². The molecule has 0 saturated carbocycles. The number of aryl methyl sites for hydroxylation is 1. The number of anilines is 3. The summed E-state index contributed by atoms with van der Waals surface area (Å²) in [6, 6.07) is 6.86. The molecule has 148 valence electrons. The molecule has 2 aliphatic rings. The minimum atomic E-state index is -0.301. The summed E-state index contributed by atoms with van der Waals surface area (Å²) >= 11 is 0. The van der Waals surface area contributed by atoms with E-state index in [1.165, 1.54) is 18.9 Å². The fraction of sp³-hybridized carbons (Fsp3) is 0.476. The van der Waals surface area contributed by atoms with Gasteiger partial charge in [-0.15, -0.1) is 0 Å². The first kappa shape index (κ1) is 18.7. The van der Waals surface area contributed by atoms with E-state index in [1.807, 2.05) is 0 Å². The number of aromatic nitrogens is 2. The largest absolute Gasteiger partial charge is 0.356 e. The van der Waals surface area contributed by atoms with E-state index in [0.29, 0.717) is 11.3 Å². The summed E-state index contributed by atoms with van der Waals surface area (Å²) in [7, 11) is 0. The van der Waals surface area contributed by atoms with E-state index in [1.54, 1.807) is 25.4 Å². The van der Waals surface area contributed by atoms with E-state index in [9.17, 15) is 9.18 Å². The lowest BCUT2D eigenvalue weighted by atomic mass is 9.95. The average Bonchev–Trinajstić information content (AvgIpc) is 3.26. The average molecular weight is 383 g/mol. The zero-order valence-electron chi connectivity index (χ0n) is 16.2. The van der Waals surface area contributed by atoms with Gasteiger partial charge >= 0.3 is 0 Å². The molecule has 2 saturated heterocycles. The van der Waals surface area contributed by atoms with E-state index >= 15 is 0 Å². The van der Waals surface area contributed by atoms with Gasteiger partial charge in [-0.2, -0.15) is 0 Å². The van der Waals surface area contributed by atoms with Crippen LogP contribution in [0.3, 0.4) is 0 Å². The Bertz CT molecular complexity index is 844. The molecule has 0 bridgehead atoms.